The Balaban J connectivity index is 2.19. The van der Waals surface area contributed by atoms with Gasteiger partial charge in [-0.2, -0.15) is 0 Å². The number of aryl methyl sites for hydroxylation is 2. The lowest BCUT2D eigenvalue weighted by Gasteiger charge is -2.09. The van der Waals surface area contributed by atoms with Gasteiger partial charge >= 0.3 is 5.97 Å². The number of aliphatic carboxylic acids is 1. The summed E-state index contributed by atoms with van der Waals surface area (Å²) in [6.07, 6.45) is 5.12. The number of carboxylic acids is 1. The van der Waals surface area contributed by atoms with Gasteiger partial charge in [0, 0.05) is 17.8 Å². The molecule has 1 heterocycles. The van der Waals surface area contributed by atoms with E-state index in [1.807, 2.05) is 37.3 Å². The highest BCUT2D eigenvalue weighted by Gasteiger charge is 2.04. The first kappa shape index (κ1) is 14.8. The van der Waals surface area contributed by atoms with Crippen LogP contribution in [0.4, 0.5) is 0 Å². The summed E-state index contributed by atoms with van der Waals surface area (Å²) in [7, 11) is 0. The van der Waals surface area contributed by atoms with E-state index in [-0.39, 0.29) is 0 Å². The van der Waals surface area contributed by atoms with Crippen LogP contribution >= 0.6 is 0 Å². The molecule has 2 aromatic rings. The average molecular weight is 283 g/mol. The Morgan fingerprint density at radius 2 is 2.19 bits per heavy atom. The highest BCUT2D eigenvalue weighted by atomic mass is 16.5. The van der Waals surface area contributed by atoms with Crippen LogP contribution in [0.25, 0.3) is 6.08 Å². The minimum Gasteiger partial charge on any atom is -0.478 e. The average Bonchev–Trinajstić information content (AvgIpc) is 2.48. The highest BCUT2D eigenvalue weighted by molar-refractivity contribution is 5.85. The number of pyridine rings is 1. The molecule has 21 heavy (non-hydrogen) atoms. The molecule has 0 aliphatic heterocycles. The summed E-state index contributed by atoms with van der Waals surface area (Å²) in [5.41, 5.74) is 2.78. The molecule has 0 amide bonds. The maximum absolute atomic E-state index is 10.5. The maximum Gasteiger partial charge on any atom is 0.328 e. The van der Waals surface area contributed by atoms with Crippen molar-refractivity contribution in [3.05, 3.63) is 59.3 Å². The molecule has 0 saturated carbocycles. The minimum absolute atomic E-state index is 0.524. The molecule has 4 nitrogen and oxygen atoms in total. The maximum atomic E-state index is 10.5. The van der Waals surface area contributed by atoms with Crippen LogP contribution in [0.15, 0.2) is 42.6 Å². The summed E-state index contributed by atoms with van der Waals surface area (Å²) in [5, 5.41) is 8.61. The van der Waals surface area contributed by atoms with E-state index in [0.29, 0.717) is 5.88 Å². The molecule has 0 spiro atoms. The molecular formula is C17H17NO3. The van der Waals surface area contributed by atoms with Crippen LogP contribution < -0.4 is 4.74 Å². The summed E-state index contributed by atoms with van der Waals surface area (Å²) in [4.78, 5) is 14.7. The van der Waals surface area contributed by atoms with E-state index in [1.165, 1.54) is 11.6 Å². The standard InChI is InChI=1S/C17H17NO3/c1-3-13-5-4-6-15(10-13)21-17-12(2)9-14(11-18-17)7-8-16(19)20/h4-11H,3H2,1-2H3,(H,19,20)/b8-7+. The third-order valence-electron chi connectivity index (χ3n) is 2.99. The van der Waals surface area contributed by atoms with E-state index in [1.54, 1.807) is 6.20 Å². The lowest BCUT2D eigenvalue weighted by Crippen LogP contribution is -1.93. The number of nitrogens with zero attached hydrogens (tertiary/aromatic N) is 1. The largest absolute Gasteiger partial charge is 0.478 e. The fourth-order valence-electron chi connectivity index (χ4n) is 1.89. The van der Waals surface area contributed by atoms with Gasteiger partial charge in [0.15, 0.2) is 0 Å². The second-order valence-corrected chi connectivity index (χ2v) is 4.67. The lowest BCUT2D eigenvalue weighted by molar-refractivity contribution is -0.131. The van der Waals surface area contributed by atoms with Crippen molar-refractivity contribution >= 4 is 12.0 Å². The van der Waals surface area contributed by atoms with Crippen LogP contribution in [0.1, 0.15) is 23.6 Å². The molecule has 4 heteroatoms. The van der Waals surface area contributed by atoms with Crippen LogP contribution in [0.3, 0.4) is 0 Å². The number of carboxylic acid groups (broad SMARTS) is 1. The SMILES string of the molecule is CCc1cccc(Oc2ncc(/C=C/C(=O)O)cc2C)c1. The van der Waals surface area contributed by atoms with Gasteiger partial charge in [-0.3, -0.25) is 0 Å². The topological polar surface area (TPSA) is 59.4 Å². The van der Waals surface area contributed by atoms with Crippen LogP contribution in [0.5, 0.6) is 11.6 Å². The summed E-state index contributed by atoms with van der Waals surface area (Å²) in [5.74, 6) is 0.291. The zero-order chi connectivity index (χ0) is 15.2. The van der Waals surface area contributed by atoms with Gasteiger partial charge in [-0.15, -0.1) is 0 Å². The van der Waals surface area contributed by atoms with Crippen molar-refractivity contribution in [2.75, 3.05) is 0 Å². The molecular weight excluding hydrogens is 266 g/mol. The number of aromatic nitrogens is 1. The van der Waals surface area contributed by atoms with Gasteiger partial charge in [0.2, 0.25) is 5.88 Å². The molecule has 2 rings (SSSR count). The Hall–Kier alpha value is -2.62. The van der Waals surface area contributed by atoms with Crippen molar-refractivity contribution in [3.8, 4) is 11.6 Å². The Kier molecular flexibility index (Phi) is 4.72. The van der Waals surface area contributed by atoms with Gasteiger partial charge in [0.1, 0.15) is 5.75 Å². The molecule has 0 atom stereocenters. The van der Waals surface area contributed by atoms with Crippen LogP contribution in [0, 0.1) is 6.92 Å². The van der Waals surface area contributed by atoms with Crippen molar-refractivity contribution in [3.63, 3.8) is 0 Å². The van der Waals surface area contributed by atoms with E-state index in [2.05, 4.69) is 11.9 Å². The third-order valence-corrected chi connectivity index (χ3v) is 2.99. The third kappa shape index (κ3) is 4.18. The van der Waals surface area contributed by atoms with Crippen molar-refractivity contribution in [2.45, 2.75) is 20.3 Å². The molecule has 1 aromatic carbocycles. The van der Waals surface area contributed by atoms with Crippen molar-refractivity contribution in [2.24, 2.45) is 0 Å². The molecule has 0 aliphatic rings. The predicted octanol–water partition coefficient (Wildman–Crippen LogP) is 3.84. The molecule has 0 unspecified atom stereocenters. The first-order valence-corrected chi connectivity index (χ1v) is 6.73. The lowest BCUT2D eigenvalue weighted by atomic mass is 10.1. The molecule has 0 radical (unpaired) electrons. The summed E-state index contributed by atoms with van der Waals surface area (Å²) < 4.78 is 5.78. The second kappa shape index (κ2) is 6.70. The van der Waals surface area contributed by atoms with Crippen molar-refractivity contribution in [1.29, 1.82) is 0 Å². The zero-order valence-corrected chi connectivity index (χ0v) is 12.0. The van der Waals surface area contributed by atoms with E-state index in [0.717, 1.165) is 29.4 Å². The fraction of sp³-hybridized carbons (Fsp3) is 0.176. The molecule has 0 aliphatic carbocycles. The number of hydrogen-bond donors (Lipinski definition) is 1. The number of rotatable bonds is 5. The van der Waals surface area contributed by atoms with E-state index in [4.69, 9.17) is 9.84 Å². The Morgan fingerprint density at radius 1 is 1.38 bits per heavy atom. The fourth-order valence-corrected chi connectivity index (χ4v) is 1.89. The van der Waals surface area contributed by atoms with E-state index in [9.17, 15) is 4.79 Å². The number of benzene rings is 1. The second-order valence-electron chi connectivity index (χ2n) is 4.67. The number of carbonyl (C=O) groups is 1. The molecule has 0 fully saturated rings. The normalized spacial score (nSPS) is 10.8. The monoisotopic (exact) mass is 283 g/mol. The first-order valence-electron chi connectivity index (χ1n) is 6.73. The quantitative estimate of drug-likeness (QED) is 0.847. The van der Waals surface area contributed by atoms with Crippen LogP contribution in [-0.4, -0.2) is 16.1 Å². The molecule has 1 aromatic heterocycles. The molecule has 0 saturated heterocycles. The smallest absolute Gasteiger partial charge is 0.328 e. The van der Waals surface area contributed by atoms with Gasteiger partial charge in [0.05, 0.1) is 0 Å². The Morgan fingerprint density at radius 3 is 2.86 bits per heavy atom. The first-order chi connectivity index (χ1) is 10.1. The zero-order valence-electron chi connectivity index (χ0n) is 12.0. The number of ether oxygens (including phenoxy) is 1. The van der Waals surface area contributed by atoms with Gasteiger partial charge in [0.25, 0.3) is 0 Å². The summed E-state index contributed by atoms with van der Waals surface area (Å²) in [6.45, 7) is 3.97. The minimum atomic E-state index is -0.982. The van der Waals surface area contributed by atoms with Gasteiger partial charge in [-0.05, 0) is 48.7 Å². The number of hydrogen-bond acceptors (Lipinski definition) is 3. The Labute approximate surface area is 123 Å². The predicted molar refractivity (Wildman–Crippen MR) is 81.5 cm³/mol. The summed E-state index contributed by atoms with van der Waals surface area (Å²) >= 11 is 0. The van der Waals surface area contributed by atoms with Crippen molar-refractivity contribution < 1.29 is 14.6 Å². The van der Waals surface area contributed by atoms with Crippen LogP contribution in [0.2, 0.25) is 0 Å². The summed E-state index contributed by atoms with van der Waals surface area (Å²) in [6, 6.07) is 9.71. The van der Waals surface area contributed by atoms with Crippen molar-refractivity contribution in [1.82, 2.24) is 4.98 Å². The Bertz CT molecular complexity index is 677. The van der Waals surface area contributed by atoms with Crippen LogP contribution in [-0.2, 0) is 11.2 Å². The highest BCUT2D eigenvalue weighted by Crippen LogP contribution is 2.24. The molecule has 0 bridgehead atoms. The van der Waals surface area contributed by atoms with E-state index < -0.39 is 5.97 Å². The molecule has 108 valence electrons. The van der Waals surface area contributed by atoms with Gasteiger partial charge in [-0.1, -0.05) is 19.1 Å². The van der Waals surface area contributed by atoms with Gasteiger partial charge in [-0.25, -0.2) is 9.78 Å². The molecule has 1 N–H and O–H groups in total. The van der Waals surface area contributed by atoms with Gasteiger partial charge < -0.3 is 9.84 Å². The van der Waals surface area contributed by atoms with E-state index >= 15 is 0 Å².